The summed E-state index contributed by atoms with van der Waals surface area (Å²) in [6.45, 7) is 4.21. The quantitative estimate of drug-likeness (QED) is 0.819. The highest BCUT2D eigenvalue weighted by Gasteiger charge is 2.13. The molecular formula is C12H18N4O2S. The van der Waals surface area contributed by atoms with E-state index in [0.717, 1.165) is 30.2 Å². The van der Waals surface area contributed by atoms with Gasteiger partial charge in [0, 0.05) is 20.1 Å². The van der Waals surface area contributed by atoms with Gasteiger partial charge in [-0.25, -0.2) is 13.6 Å². The summed E-state index contributed by atoms with van der Waals surface area (Å²) in [5, 5.41) is 8.34. The number of sulfonamides is 1. The Hall–Kier alpha value is -1.60. The first-order chi connectivity index (χ1) is 8.88. The number of benzene rings is 1. The second-order valence-corrected chi connectivity index (χ2v) is 6.18. The molecule has 7 heteroatoms. The maximum Gasteiger partial charge on any atom is 0.238 e. The Bertz CT molecular complexity index is 610. The van der Waals surface area contributed by atoms with E-state index in [4.69, 9.17) is 5.14 Å². The zero-order valence-corrected chi connectivity index (χ0v) is 11.9. The van der Waals surface area contributed by atoms with Crippen LogP contribution in [0, 0.1) is 6.92 Å². The Balaban J connectivity index is 2.10. The lowest BCUT2D eigenvalue weighted by atomic mass is 10.1. The van der Waals surface area contributed by atoms with E-state index in [-0.39, 0.29) is 4.90 Å². The highest BCUT2D eigenvalue weighted by Crippen LogP contribution is 2.14. The summed E-state index contributed by atoms with van der Waals surface area (Å²) in [5.74, 6) is 0.870. The van der Waals surface area contributed by atoms with Crippen molar-refractivity contribution in [3.8, 4) is 0 Å². The summed E-state index contributed by atoms with van der Waals surface area (Å²) in [5.41, 5.74) is 1.91. The summed E-state index contributed by atoms with van der Waals surface area (Å²) < 4.78 is 22.5. The standard InChI is InChI=1S/C12H18N4O2S/c1-9-7-11(19(13,17)18)4-3-10(9)8-15-12-14-5-6-16(12)2/h3-4,7H,5-6,8H2,1-2H3,(H,14,15)(H2,13,17,18). The van der Waals surface area contributed by atoms with Crippen molar-refractivity contribution in [1.29, 1.82) is 0 Å². The molecule has 0 amide bonds. The van der Waals surface area contributed by atoms with Crippen molar-refractivity contribution in [2.24, 2.45) is 10.1 Å². The average Bonchev–Trinajstić information content (AvgIpc) is 2.72. The molecule has 104 valence electrons. The zero-order chi connectivity index (χ0) is 14.0. The van der Waals surface area contributed by atoms with Crippen LogP contribution < -0.4 is 10.5 Å². The Labute approximate surface area is 113 Å². The third-order valence-corrected chi connectivity index (χ3v) is 4.05. The lowest BCUT2D eigenvalue weighted by molar-refractivity contribution is 0.534. The average molecular weight is 282 g/mol. The number of likely N-dealkylation sites (N-methyl/N-ethyl adjacent to an activating group) is 1. The molecule has 2 rings (SSSR count). The van der Waals surface area contributed by atoms with Crippen LogP contribution in [-0.2, 0) is 16.6 Å². The van der Waals surface area contributed by atoms with Gasteiger partial charge in [-0.3, -0.25) is 4.99 Å². The molecule has 0 saturated heterocycles. The van der Waals surface area contributed by atoms with E-state index in [9.17, 15) is 8.42 Å². The SMILES string of the molecule is Cc1cc(S(N)(=O)=O)ccc1CNC1=NCCN1C. The van der Waals surface area contributed by atoms with Crippen LogP contribution in [0.15, 0.2) is 28.1 Å². The molecule has 3 N–H and O–H groups in total. The van der Waals surface area contributed by atoms with Crippen LogP contribution in [0.4, 0.5) is 0 Å². The molecule has 0 unspecified atom stereocenters. The minimum absolute atomic E-state index is 0.143. The lowest BCUT2D eigenvalue weighted by Crippen LogP contribution is -2.35. The third-order valence-electron chi connectivity index (χ3n) is 3.14. The van der Waals surface area contributed by atoms with Gasteiger partial charge >= 0.3 is 0 Å². The molecule has 0 bridgehead atoms. The molecule has 0 spiro atoms. The molecule has 1 aliphatic heterocycles. The molecule has 0 atom stereocenters. The summed E-state index contributed by atoms with van der Waals surface area (Å²) >= 11 is 0. The van der Waals surface area contributed by atoms with Crippen LogP contribution in [0.3, 0.4) is 0 Å². The van der Waals surface area contributed by atoms with E-state index >= 15 is 0 Å². The van der Waals surface area contributed by atoms with Crippen LogP contribution in [0.2, 0.25) is 0 Å². The Morgan fingerprint density at radius 2 is 2.21 bits per heavy atom. The largest absolute Gasteiger partial charge is 0.352 e. The van der Waals surface area contributed by atoms with E-state index in [1.54, 1.807) is 12.1 Å². The van der Waals surface area contributed by atoms with Gasteiger partial charge in [-0.1, -0.05) is 6.07 Å². The maximum absolute atomic E-state index is 11.2. The van der Waals surface area contributed by atoms with E-state index < -0.39 is 10.0 Å². The third kappa shape index (κ3) is 3.24. The number of primary sulfonamides is 1. The summed E-state index contributed by atoms with van der Waals surface area (Å²) in [6, 6.07) is 4.89. The molecular weight excluding hydrogens is 264 g/mol. The first kappa shape index (κ1) is 13.8. The number of rotatable bonds is 3. The van der Waals surface area contributed by atoms with Crippen molar-refractivity contribution >= 4 is 16.0 Å². The number of guanidine groups is 1. The van der Waals surface area contributed by atoms with Crippen LogP contribution in [0.25, 0.3) is 0 Å². The second kappa shape index (κ2) is 5.18. The predicted molar refractivity (Wildman–Crippen MR) is 74.3 cm³/mol. The van der Waals surface area contributed by atoms with Crippen LogP contribution in [0.5, 0.6) is 0 Å². The van der Waals surface area contributed by atoms with Gasteiger partial charge in [0.25, 0.3) is 0 Å². The lowest BCUT2D eigenvalue weighted by Gasteiger charge is -2.16. The first-order valence-corrected chi connectivity index (χ1v) is 7.54. The maximum atomic E-state index is 11.2. The van der Waals surface area contributed by atoms with Gasteiger partial charge < -0.3 is 10.2 Å². The van der Waals surface area contributed by atoms with E-state index in [2.05, 4.69) is 10.3 Å². The van der Waals surface area contributed by atoms with Crippen LogP contribution >= 0.6 is 0 Å². The normalized spacial score (nSPS) is 15.5. The van der Waals surface area contributed by atoms with Crippen molar-refractivity contribution in [3.63, 3.8) is 0 Å². The fourth-order valence-electron chi connectivity index (χ4n) is 1.94. The van der Waals surface area contributed by atoms with E-state index in [1.165, 1.54) is 6.07 Å². The Kier molecular flexibility index (Phi) is 3.77. The van der Waals surface area contributed by atoms with Gasteiger partial charge in [0.2, 0.25) is 10.0 Å². The molecule has 1 aliphatic rings. The van der Waals surface area contributed by atoms with E-state index in [0.29, 0.717) is 6.54 Å². The number of aliphatic imine (C=N–C) groups is 1. The fourth-order valence-corrected chi connectivity index (χ4v) is 2.54. The topological polar surface area (TPSA) is 87.8 Å². The van der Waals surface area contributed by atoms with Crippen molar-refractivity contribution in [2.75, 3.05) is 20.1 Å². The highest BCUT2D eigenvalue weighted by molar-refractivity contribution is 7.89. The number of nitrogens with two attached hydrogens (primary N) is 1. The number of hydrogen-bond donors (Lipinski definition) is 2. The number of nitrogens with one attached hydrogen (secondary N) is 1. The van der Waals surface area contributed by atoms with Crippen molar-refractivity contribution in [3.05, 3.63) is 29.3 Å². The van der Waals surface area contributed by atoms with Crippen molar-refractivity contribution in [1.82, 2.24) is 10.2 Å². The van der Waals surface area contributed by atoms with Gasteiger partial charge in [0.15, 0.2) is 5.96 Å². The Morgan fingerprint density at radius 3 is 2.74 bits per heavy atom. The van der Waals surface area contributed by atoms with Gasteiger partial charge in [0.1, 0.15) is 0 Å². The minimum atomic E-state index is -3.63. The first-order valence-electron chi connectivity index (χ1n) is 6.00. The molecule has 0 radical (unpaired) electrons. The molecule has 1 aromatic carbocycles. The number of aryl methyl sites for hydroxylation is 1. The number of nitrogens with zero attached hydrogens (tertiary/aromatic N) is 2. The van der Waals surface area contributed by atoms with Crippen molar-refractivity contribution in [2.45, 2.75) is 18.4 Å². The highest BCUT2D eigenvalue weighted by atomic mass is 32.2. The Morgan fingerprint density at radius 1 is 1.47 bits per heavy atom. The van der Waals surface area contributed by atoms with Gasteiger partial charge in [-0.15, -0.1) is 0 Å². The molecule has 0 saturated carbocycles. The summed E-state index contributed by atoms with van der Waals surface area (Å²) in [7, 11) is -1.65. The predicted octanol–water partition coefficient (Wildman–Crippen LogP) is 0.0334. The summed E-state index contributed by atoms with van der Waals surface area (Å²) in [4.78, 5) is 6.53. The van der Waals surface area contributed by atoms with Gasteiger partial charge in [-0.2, -0.15) is 0 Å². The van der Waals surface area contributed by atoms with Crippen LogP contribution in [0.1, 0.15) is 11.1 Å². The summed E-state index contributed by atoms with van der Waals surface area (Å²) in [6.07, 6.45) is 0. The molecule has 0 aromatic heterocycles. The monoisotopic (exact) mass is 282 g/mol. The molecule has 0 aliphatic carbocycles. The fraction of sp³-hybridized carbons (Fsp3) is 0.417. The molecule has 1 aromatic rings. The minimum Gasteiger partial charge on any atom is -0.352 e. The number of hydrogen-bond acceptors (Lipinski definition) is 5. The zero-order valence-electron chi connectivity index (χ0n) is 11.0. The van der Waals surface area contributed by atoms with Gasteiger partial charge in [-0.05, 0) is 30.2 Å². The molecule has 0 fully saturated rings. The van der Waals surface area contributed by atoms with E-state index in [1.807, 2.05) is 18.9 Å². The van der Waals surface area contributed by atoms with Crippen molar-refractivity contribution < 1.29 is 8.42 Å². The molecule has 1 heterocycles. The van der Waals surface area contributed by atoms with Gasteiger partial charge in [0.05, 0.1) is 11.4 Å². The van der Waals surface area contributed by atoms with Crippen LogP contribution in [-0.4, -0.2) is 39.4 Å². The second-order valence-electron chi connectivity index (χ2n) is 4.61. The smallest absolute Gasteiger partial charge is 0.238 e. The molecule has 6 nitrogen and oxygen atoms in total. The molecule has 19 heavy (non-hydrogen) atoms.